The number of nitrogens with one attached hydrogen (secondary N) is 1. The predicted molar refractivity (Wildman–Crippen MR) is 109 cm³/mol. The number of nitrogens with zero attached hydrogens (tertiary/aromatic N) is 1. The lowest BCUT2D eigenvalue weighted by atomic mass is 10.0. The Bertz CT molecular complexity index is 853. The first kappa shape index (κ1) is 20.5. The first-order chi connectivity index (χ1) is 14.0. The van der Waals surface area contributed by atoms with Crippen LogP contribution in [0.4, 0.5) is 0 Å². The number of hydrogen-bond acceptors (Lipinski definition) is 5. The van der Waals surface area contributed by atoms with E-state index in [-0.39, 0.29) is 17.9 Å². The average Bonchev–Trinajstić information content (AvgIpc) is 2.78. The van der Waals surface area contributed by atoms with Crippen LogP contribution in [0.3, 0.4) is 0 Å². The minimum absolute atomic E-state index is 0.00131. The third kappa shape index (κ3) is 4.80. The van der Waals surface area contributed by atoms with Gasteiger partial charge in [-0.2, -0.15) is 0 Å². The monoisotopic (exact) mass is 398 g/mol. The fraction of sp³-hybridized carbons (Fsp3) is 0.364. The Hall–Kier alpha value is -3.22. The van der Waals surface area contributed by atoms with Gasteiger partial charge >= 0.3 is 0 Å². The van der Waals surface area contributed by atoms with Crippen molar-refractivity contribution in [1.82, 2.24) is 10.2 Å². The Balaban J connectivity index is 1.60. The van der Waals surface area contributed by atoms with Gasteiger partial charge in [0.25, 0.3) is 11.8 Å². The molecule has 0 unspecified atom stereocenters. The van der Waals surface area contributed by atoms with Crippen molar-refractivity contribution in [2.24, 2.45) is 0 Å². The molecule has 0 atom stereocenters. The summed E-state index contributed by atoms with van der Waals surface area (Å²) in [6, 6.07) is 12.3. The summed E-state index contributed by atoms with van der Waals surface area (Å²) in [7, 11) is 4.65. The maximum absolute atomic E-state index is 12.8. The van der Waals surface area contributed by atoms with Gasteiger partial charge in [-0.25, -0.2) is 0 Å². The standard InChI is InChI=1S/C22H26N2O5/c1-27-17-12-15(13-18(14-17)28-2)21(25)23-16-8-10-24(11-9-16)22(26)19-6-4-5-7-20(19)29-3/h4-7,12-14,16H,8-11H2,1-3H3,(H,23,25). The van der Waals surface area contributed by atoms with Crippen LogP contribution in [0.2, 0.25) is 0 Å². The summed E-state index contributed by atoms with van der Waals surface area (Å²) in [4.78, 5) is 27.3. The molecule has 1 aliphatic rings. The van der Waals surface area contributed by atoms with Gasteiger partial charge in [-0.3, -0.25) is 9.59 Å². The van der Waals surface area contributed by atoms with E-state index >= 15 is 0 Å². The Morgan fingerprint density at radius 3 is 2.14 bits per heavy atom. The van der Waals surface area contributed by atoms with Gasteiger partial charge in [-0.15, -0.1) is 0 Å². The zero-order valence-electron chi connectivity index (χ0n) is 16.9. The number of carbonyl (C=O) groups is 2. The highest BCUT2D eigenvalue weighted by Gasteiger charge is 2.26. The van der Waals surface area contributed by atoms with E-state index in [1.807, 2.05) is 12.1 Å². The minimum atomic E-state index is -0.184. The molecule has 0 aromatic heterocycles. The second-order valence-corrected chi connectivity index (χ2v) is 6.84. The van der Waals surface area contributed by atoms with Crippen molar-refractivity contribution in [2.75, 3.05) is 34.4 Å². The number of hydrogen-bond donors (Lipinski definition) is 1. The van der Waals surface area contributed by atoms with Gasteiger partial charge in [0.15, 0.2) is 0 Å². The molecule has 1 heterocycles. The van der Waals surface area contributed by atoms with Gasteiger partial charge in [0, 0.05) is 30.8 Å². The normalized spacial score (nSPS) is 14.2. The van der Waals surface area contributed by atoms with E-state index in [1.165, 1.54) is 0 Å². The summed E-state index contributed by atoms with van der Waals surface area (Å²) < 4.78 is 15.7. The molecule has 0 bridgehead atoms. The number of piperidine rings is 1. The molecule has 1 fully saturated rings. The van der Waals surface area contributed by atoms with Crippen LogP contribution in [0.5, 0.6) is 17.2 Å². The molecule has 3 rings (SSSR count). The summed E-state index contributed by atoms with van der Waals surface area (Å²) in [5.74, 6) is 1.46. The summed E-state index contributed by atoms with van der Waals surface area (Å²) in [6.45, 7) is 1.15. The molecule has 2 aromatic carbocycles. The van der Waals surface area contributed by atoms with Crippen molar-refractivity contribution in [1.29, 1.82) is 0 Å². The van der Waals surface area contributed by atoms with Gasteiger partial charge in [0.05, 0.1) is 26.9 Å². The minimum Gasteiger partial charge on any atom is -0.497 e. The van der Waals surface area contributed by atoms with Crippen LogP contribution in [-0.2, 0) is 0 Å². The van der Waals surface area contributed by atoms with Crippen LogP contribution >= 0.6 is 0 Å². The number of carbonyl (C=O) groups excluding carboxylic acids is 2. The molecule has 0 saturated carbocycles. The molecule has 0 radical (unpaired) electrons. The van der Waals surface area contributed by atoms with Crippen LogP contribution in [0.25, 0.3) is 0 Å². The zero-order chi connectivity index (χ0) is 20.8. The first-order valence-electron chi connectivity index (χ1n) is 9.52. The predicted octanol–water partition coefficient (Wildman–Crippen LogP) is 2.75. The molecule has 1 saturated heterocycles. The van der Waals surface area contributed by atoms with Crippen LogP contribution in [0.1, 0.15) is 33.6 Å². The van der Waals surface area contributed by atoms with E-state index in [0.717, 1.165) is 0 Å². The highest BCUT2D eigenvalue weighted by atomic mass is 16.5. The number of benzene rings is 2. The molecule has 154 valence electrons. The Kier molecular flexibility index (Phi) is 6.59. The molecule has 2 aromatic rings. The van der Waals surface area contributed by atoms with Crippen LogP contribution < -0.4 is 19.5 Å². The van der Waals surface area contributed by atoms with Crippen LogP contribution in [0, 0.1) is 0 Å². The highest BCUT2D eigenvalue weighted by molar-refractivity contribution is 5.97. The lowest BCUT2D eigenvalue weighted by Gasteiger charge is -2.32. The number of likely N-dealkylation sites (tertiary alicyclic amines) is 1. The van der Waals surface area contributed by atoms with E-state index in [9.17, 15) is 9.59 Å². The molecular weight excluding hydrogens is 372 g/mol. The lowest BCUT2D eigenvalue weighted by molar-refractivity contribution is 0.0695. The third-order valence-corrected chi connectivity index (χ3v) is 5.07. The van der Waals surface area contributed by atoms with Gasteiger partial charge < -0.3 is 24.4 Å². The number of amides is 2. The van der Waals surface area contributed by atoms with Crippen molar-refractivity contribution < 1.29 is 23.8 Å². The summed E-state index contributed by atoms with van der Waals surface area (Å²) >= 11 is 0. The van der Waals surface area contributed by atoms with Crippen molar-refractivity contribution in [3.63, 3.8) is 0 Å². The number of methoxy groups -OCH3 is 3. The maximum atomic E-state index is 12.8. The lowest BCUT2D eigenvalue weighted by Crippen LogP contribution is -2.46. The van der Waals surface area contributed by atoms with Crippen molar-refractivity contribution >= 4 is 11.8 Å². The largest absolute Gasteiger partial charge is 0.497 e. The van der Waals surface area contributed by atoms with Crippen LogP contribution in [-0.4, -0.2) is 57.2 Å². The van der Waals surface area contributed by atoms with Crippen molar-refractivity contribution in [3.8, 4) is 17.2 Å². The fourth-order valence-corrected chi connectivity index (χ4v) is 3.43. The van der Waals surface area contributed by atoms with Crippen molar-refractivity contribution in [3.05, 3.63) is 53.6 Å². The molecular formula is C22H26N2O5. The molecule has 0 aliphatic carbocycles. The smallest absolute Gasteiger partial charge is 0.257 e. The maximum Gasteiger partial charge on any atom is 0.257 e. The second kappa shape index (κ2) is 9.32. The molecule has 2 amide bonds. The number of para-hydroxylation sites is 1. The molecule has 29 heavy (non-hydrogen) atoms. The Labute approximate surface area is 170 Å². The quantitative estimate of drug-likeness (QED) is 0.810. The van der Waals surface area contributed by atoms with Gasteiger partial charge in [0.1, 0.15) is 17.2 Å². The SMILES string of the molecule is COc1cc(OC)cc(C(=O)NC2CCN(C(=O)c3ccccc3OC)CC2)c1. The second-order valence-electron chi connectivity index (χ2n) is 6.84. The van der Waals surface area contributed by atoms with Gasteiger partial charge in [-0.05, 0) is 37.1 Å². The number of ether oxygens (including phenoxy) is 3. The molecule has 7 heteroatoms. The summed E-state index contributed by atoms with van der Waals surface area (Å²) in [6.07, 6.45) is 1.38. The molecule has 1 N–H and O–H groups in total. The average molecular weight is 398 g/mol. The zero-order valence-corrected chi connectivity index (χ0v) is 16.9. The van der Waals surface area contributed by atoms with E-state index < -0.39 is 0 Å². The number of rotatable bonds is 6. The van der Waals surface area contributed by atoms with Gasteiger partial charge in [-0.1, -0.05) is 12.1 Å². The molecule has 1 aliphatic heterocycles. The third-order valence-electron chi connectivity index (χ3n) is 5.07. The van der Waals surface area contributed by atoms with Crippen molar-refractivity contribution in [2.45, 2.75) is 18.9 Å². The Morgan fingerprint density at radius 2 is 1.55 bits per heavy atom. The fourth-order valence-electron chi connectivity index (χ4n) is 3.43. The van der Waals surface area contributed by atoms with E-state index in [2.05, 4.69) is 5.32 Å². The molecule has 0 spiro atoms. The van der Waals surface area contributed by atoms with E-state index in [1.54, 1.807) is 56.6 Å². The van der Waals surface area contributed by atoms with Gasteiger partial charge in [0.2, 0.25) is 0 Å². The Morgan fingerprint density at radius 1 is 0.931 bits per heavy atom. The summed E-state index contributed by atoms with van der Waals surface area (Å²) in [5.41, 5.74) is 1.04. The van der Waals surface area contributed by atoms with Crippen LogP contribution in [0.15, 0.2) is 42.5 Å². The summed E-state index contributed by atoms with van der Waals surface area (Å²) in [5, 5.41) is 3.05. The topological polar surface area (TPSA) is 77.1 Å². The highest BCUT2D eigenvalue weighted by Crippen LogP contribution is 2.24. The molecule has 7 nitrogen and oxygen atoms in total. The first-order valence-corrected chi connectivity index (χ1v) is 9.52. The van der Waals surface area contributed by atoms with E-state index in [4.69, 9.17) is 14.2 Å². The van der Waals surface area contributed by atoms with E-state index in [0.29, 0.717) is 54.3 Å².